The van der Waals surface area contributed by atoms with Gasteiger partial charge in [-0.2, -0.15) is 0 Å². The van der Waals surface area contributed by atoms with Crippen molar-refractivity contribution in [2.45, 2.75) is 38.8 Å². The number of aryl methyl sites for hydroxylation is 1. The first-order valence-electron chi connectivity index (χ1n) is 4.65. The molecule has 1 heterocycles. The number of hydrogen-bond donors (Lipinski definition) is 1. The largest absolute Gasteiger partial charge is 0.333 e. The van der Waals surface area contributed by atoms with Crippen molar-refractivity contribution in [3.63, 3.8) is 0 Å². The number of aromatic nitrogens is 2. The lowest BCUT2D eigenvalue weighted by Gasteiger charge is -2.23. The van der Waals surface area contributed by atoms with Crippen LogP contribution >= 0.6 is 11.6 Å². The first-order valence-corrected chi connectivity index (χ1v) is 5.02. The average Bonchev–Trinajstić information content (AvgIpc) is 2.47. The molecule has 1 aromatic heterocycles. The highest BCUT2D eigenvalue weighted by molar-refractivity contribution is 6.30. The third-order valence-electron chi connectivity index (χ3n) is 2.28. The quantitative estimate of drug-likeness (QED) is 0.872. The Morgan fingerprint density at radius 3 is 2.73 bits per heavy atom. The standard InChI is InChI=1S/C9H14ClF2N3/c1-3-15-5-14-7(10)6(15)4-9(2,13)8(11)12/h5,8H,3-4,13H2,1-2H3. The Morgan fingerprint density at radius 1 is 1.67 bits per heavy atom. The first kappa shape index (κ1) is 12.4. The van der Waals surface area contributed by atoms with Gasteiger partial charge in [0.1, 0.15) is 5.15 Å². The fourth-order valence-electron chi connectivity index (χ4n) is 1.27. The summed E-state index contributed by atoms with van der Waals surface area (Å²) in [6.07, 6.45) is -1.05. The van der Waals surface area contributed by atoms with Crippen LogP contribution in [0.15, 0.2) is 6.33 Å². The van der Waals surface area contributed by atoms with Gasteiger partial charge >= 0.3 is 0 Å². The predicted molar refractivity (Wildman–Crippen MR) is 55.2 cm³/mol. The maximum absolute atomic E-state index is 12.6. The molecule has 0 radical (unpaired) electrons. The third-order valence-corrected chi connectivity index (χ3v) is 2.60. The Morgan fingerprint density at radius 2 is 2.27 bits per heavy atom. The second kappa shape index (κ2) is 4.45. The number of nitrogens with two attached hydrogens (primary N) is 1. The van der Waals surface area contributed by atoms with E-state index in [4.69, 9.17) is 17.3 Å². The number of imidazole rings is 1. The third kappa shape index (κ3) is 2.66. The van der Waals surface area contributed by atoms with Crippen LogP contribution in [-0.2, 0) is 13.0 Å². The van der Waals surface area contributed by atoms with Gasteiger partial charge in [0.15, 0.2) is 0 Å². The summed E-state index contributed by atoms with van der Waals surface area (Å²) in [5, 5.41) is 0.245. The molecule has 1 aromatic rings. The summed E-state index contributed by atoms with van der Waals surface area (Å²) >= 11 is 5.80. The minimum atomic E-state index is -2.59. The van der Waals surface area contributed by atoms with E-state index in [1.807, 2.05) is 6.92 Å². The van der Waals surface area contributed by atoms with E-state index >= 15 is 0 Å². The highest BCUT2D eigenvalue weighted by Crippen LogP contribution is 2.23. The van der Waals surface area contributed by atoms with E-state index in [1.54, 1.807) is 4.57 Å². The van der Waals surface area contributed by atoms with Gasteiger partial charge in [-0.25, -0.2) is 13.8 Å². The maximum Gasteiger partial charge on any atom is 0.256 e. The van der Waals surface area contributed by atoms with Crippen LogP contribution in [0.4, 0.5) is 8.78 Å². The van der Waals surface area contributed by atoms with Crippen molar-refractivity contribution >= 4 is 11.6 Å². The highest BCUT2D eigenvalue weighted by Gasteiger charge is 2.32. The lowest BCUT2D eigenvalue weighted by Crippen LogP contribution is -2.46. The normalized spacial score (nSPS) is 15.7. The summed E-state index contributed by atoms with van der Waals surface area (Å²) in [6, 6.07) is 0. The van der Waals surface area contributed by atoms with Crippen molar-refractivity contribution in [2.24, 2.45) is 5.73 Å². The molecule has 86 valence electrons. The Bertz CT molecular complexity index is 336. The van der Waals surface area contributed by atoms with Gasteiger partial charge in [-0.3, -0.25) is 0 Å². The van der Waals surface area contributed by atoms with Crippen LogP contribution < -0.4 is 5.73 Å². The molecule has 0 spiro atoms. The Labute approximate surface area is 92.2 Å². The zero-order chi connectivity index (χ0) is 11.6. The number of nitrogens with zero attached hydrogens (tertiary/aromatic N) is 2. The molecule has 0 saturated carbocycles. The van der Waals surface area contributed by atoms with E-state index in [-0.39, 0.29) is 11.6 Å². The molecule has 3 nitrogen and oxygen atoms in total. The molecular formula is C9H14ClF2N3. The molecule has 0 aromatic carbocycles. The van der Waals surface area contributed by atoms with Crippen molar-refractivity contribution in [3.8, 4) is 0 Å². The topological polar surface area (TPSA) is 43.8 Å². The molecule has 0 aliphatic heterocycles. The highest BCUT2D eigenvalue weighted by atomic mass is 35.5. The van der Waals surface area contributed by atoms with Gasteiger partial charge in [0.2, 0.25) is 0 Å². The summed E-state index contributed by atoms with van der Waals surface area (Å²) in [7, 11) is 0. The first-order chi connectivity index (χ1) is 6.88. The maximum atomic E-state index is 12.6. The Hall–Kier alpha value is -0.680. The van der Waals surface area contributed by atoms with Gasteiger partial charge < -0.3 is 10.3 Å². The van der Waals surface area contributed by atoms with Crippen LogP contribution in [0.2, 0.25) is 5.15 Å². The van der Waals surface area contributed by atoms with Crippen LogP contribution in [0.5, 0.6) is 0 Å². The number of alkyl halides is 2. The second-order valence-electron chi connectivity index (χ2n) is 3.75. The predicted octanol–water partition coefficient (Wildman–Crippen LogP) is 2.08. The van der Waals surface area contributed by atoms with Crippen LogP contribution in [-0.4, -0.2) is 21.5 Å². The molecule has 2 N–H and O–H groups in total. The summed E-state index contributed by atoms with van der Waals surface area (Å²) in [4.78, 5) is 3.86. The molecule has 0 amide bonds. The molecule has 1 atom stereocenters. The lowest BCUT2D eigenvalue weighted by molar-refractivity contribution is 0.0630. The zero-order valence-corrected chi connectivity index (χ0v) is 9.43. The molecule has 0 fully saturated rings. The van der Waals surface area contributed by atoms with Crippen molar-refractivity contribution in [3.05, 3.63) is 17.2 Å². The summed E-state index contributed by atoms with van der Waals surface area (Å²) in [5.74, 6) is 0. The molecule has 0 aliphatic carbocycles. The minimum absolute atomic E-state index is 0.0112. The fourth-order valence-corrected chi connectivity index (χ4v) is 1.49. The number of hydrogen-bond acceptors (Lipinski definition) is 2. The molecule has 15 heavy (non-hydrogen) atoms. The van der Waals surface area contributed by atoms with Gasteiger partial charge in [-0.15, -0.1) is 0 Å². The fraction of sp³-hybridized carbons (Fsp3) is 0.667. The number of rotatable bonds is 4. The van der Waals surface area contributed by atoms with E-state index in [9.17, 15) is 8.78 Å². The van der Waals surface area contributed by atoms with Gasteiger partial charge in [0, 0.05) is 13.0 Å². The Balaban J connectivity index is 2.93. The van der Waals surface area contributed by atoms with Crippen LogP contribution in [0.1, 0.15) is 19.5 Å². The zero-order valence-electron chi connectivity index (χ0n) is 8.67. The van der Waals surface area contributed by atoms with Crippen molar-refractivity contribution in [1.82, 2.24) is 9.55 Å². The van der Waals surface area contributed by atoms with Crippen LogP contribution in [0, 0.1) is 0 Å². The average molecular weight is 238 g/mol. The molecule has 0 bridgehead atoms. The SMILES string of the molecule is CCn1cnc(Cl)c1CC(C)(N)C(F)F. The van der Waals surface area contributed by atoms with E-state index in [1.165, 1.54) is 13.3 Å². The summed E-state index contributed by atoms with van der Waals surface area (Å²) in [5.41, 5.74) is 4.48. The smallest absolute Gasteiger partial charge is 0.256 e. The van der Waals surface area contributed by atoms with Gasteiger partial charge in [0.25, 0.3) is 6.43 Å². The molecule has 0 saturated heterocycles. The van der Waals surface area contributed by atoms with E-state index < -0.39 is 12.0 Å². The van der Waals surface area contributed by atoms with Gasteiger partial charge in [-0.05, 0) is 13.8 Å². The second-order valence-corrected chi connectivity index (χ2v) is 4.11. The molecule has 1 unspecified atom stereocenters. The lowest BCUT2D eigenvalue weighted by atomic mass is 9.98. The van der Waals surface area contributed by atoms with Crippen molar-refractivity contribution in [1.29, 1.82) is 0 Å². The van der Waals surface area contributed by atoms with E-state index in [0.717, 1.165) is 0 Å². The van der Waals surface area contributed by atoms with Crippen molar-refractivity contribution in [2.75, 3.05) is 0 Å². The number of halogens is 3. The monoisotopic (exact) mass is 237 g/mol. The van der Waals surface area contributed by atoms with Crippen molar-refractivity contribution < 1.29 is 8.78 Å². The summed E-state index contributed by atoms with van der Waals surface area (Å²) < 4.78 is 26.9. The molecule has 1 rings (SSSR count). The van der Waals surface area contributed by atoms with Gasteiger partial charge in [0.05, 0.1) is 17.6 Å². The van der Waals surface area contributed by atoms with E-state index in [0.29, 0.717) is 12.2 Å². The summed E-state index contributed by atoms with van der Waals surface area (Å²) in [6.45, 7) is 3.83. The molecule has 6 heteroatoms. The molecular weight excluding hydrogens is 224 g/mol. The molecule has 0 aliphatic rings. The van der Waals surface area contributed by atoms with Gasteiger partial charge in [-0.1, -0.05) is 11.6 Å². The Kier molecular flexibility index (Phi) is 3.67. The van der Waals surface area contributed by atoms with E-state index in [2.05, 4.69) is 4.98 Å². The van der Waals surface area contributed by atoms with Crippen LogP contribution in [0.25, 0.3) is 0 Å². The minimum Gasteiger partial charge on any atom is -0.333 e. The van der Waals surface area contributed by atoms with Crippen LogP contribution in [0.3, 0.4) is 0 Å².